The molecule has 0 saturated carbocycles. The van der Waals surface area contributed by atoms with Crippen LogP contribution in [0.4, 0.5) is 10.3 Å². The smallest absolute Gasteiger partial charge is 0.362 e. The van der Waals surface area contributed by atoms with Crippen molar-refractivity contribution in [2.45, 2.75) is 76.9 Å². The van der Waals surface area contributed by atoms with Gasteiger partial charge in [0, 0.05) is 10.8 Å². The molecule has 0 aliphatic carbocycles. The van der Waals surface area contributed by atoms with Crippen molar-refractivity contribution in [2.75, 3.05) is 11.5 Å². The first-order valence-electron chi connectivity index (χ1n) is 14.5. The van der Waals surface area contributed by atoms with Gasteiger partial charge in [-0.3, -0.25) is 23.7 Å². The van der Waals surface area contributed by atoms with Gasteiger partial charge in [-0.1, -0.05) is 10.3 Å². The number of nitrogens with zero attached hydrogens (tertiary/aromatic N) is 5. The fourth-order valence-electron chi connectivity index (χ4n) is 3.99. The minimum Gasteiger partial charge on any atom is -0.480 e. The molecular weight excluding hydrogens is 757 g/mol. The number of carbonyl (C=O) groups excluding carboxylic acids is 4. The number of anilines is 2. The summed E-state index contributed by atoms with van der Waals surface area (Å²) >= 11 is 1.80. The molecule has 1 fully saturated rings. The topological polar surface area (TPSA) is 358 Å². The number of nitrogens with two attached hydrogens (primary N) is 2. The second-order valence-corrected chi connectivity index (χ2v) is 15.0. The van der Waals surface area contributed by atoms with Gasteiger partial charge in [0.2, 0.25) is 11.2 Å². The third-order valence-corrected chi connectivity index (χ3v) is 9.39. The molecule has 0 aromatic carbocycles. The van der Waals surface area contributed by atoms with Gasteiger partial charge >= 0.3 is 22.2 Å². The normalized spacial score (nSPS) is 18.1. The van der Waals surface area contributed by atoms with Crippen molar-refractivity contribution in [1.29, 1.82) is 0 Å². The minimum atomic E-state index is -4.89. The van der Waals surface area contributed by atoms with E-state index in [0.29, 0.717) is 0 Å². The highest BCUT2D eigenvalue weighted by molar-refractivity contribution is 7.84. The maximum absolute atomic E-state index is 13.3. The first-order valence-corrected chi connectivity index (χ1v) is 17.7. The summed E-state index contributed by atoms with van der Waals surface area (Å²) < 4.78 is 32.3. The molecule has 23 nitrogen and oxygen atoms in total. The molecule has 3 rings (SSSR count). The number of amides is 4. The number of carboxylic acids is 2. The van der Waals surface area contributed by atoms with E-state index in [1.165, 1.54) is 38.5 Å². The number of aromatic nitrogens is 2. The Morgan fingerprint density at radius 2 is 1.40 bits per heavy atom. The quantitative estimate of drug-likeness (QED) is 0.0400. The highest BCUT2D eigenvalue weighted by Gasteiger charge is 2.52. The number of hydrogen-bond donors (Lipinski definition) is 8. The van der Waals surface area contributed by atoms with Crippen molar-refractivity contribution < 1.29 is 61.6 Å². The number of hydrogen-bond acceptors (Lipinski definition) is 18. The Morgan fingerprint density at radius 1 is 0.923 bits per heavy atom. The molecule has 0 bridgehead atoms. The molecule has 1 aliphatic heterocycles. The Bertz CT molecular complexity index is 1940. The number of carboxylic acid groups (broad SMARTS) is 2. The molecule has 284 valence electrons. The summed E-state index contributed by atoms with van der Waals surface area (Å²) in [5, 5.41) is 36.0. The summed E-state index contributed by atoms with van der Waals surface area (Å²) in [6.07, 6.45) is 0. The van der Waals surface area contributed by atoms with Crippen LogP contribution in [0.15, 0.2) is 21.1 Å². The van der Waals surface area contributed by atoms with Crippen molar-refractivity contribution in [3.8, 4) is 0 Å². The number of oxime groups is 2. The van der Waals surface area contributed by atoms with Crippen molar-refractivity contribution in [2.24, 2.45) is 10.3 Å². The molecule has 1 aliphatic rings. The van der Waals surface area contributed by atoms with E-state index in [1.807, 2.05) is 0 Å². The van der Waals surface area contributed by atoms with E-state index in [0.717, 1.165) is 36.5 Å². The number of carbonyl (C=O) groups is 6. The van der Waals surface area contributed by atoms with E-state index in [4.69, 9.17) is 21.1 Å². The number of aliphatic carboxylic acids is 2. The molecule has 4 atom stereocenters. The molecule has 4 amide bonds. The summed E-state index contributed by atoms with van der Waals surface area (Å²) in [5.74, 6) is -7.46. The van der Waals surface area contributed by atoms with Crippen LogP contribution in [-0.4, -0.2) is 120 Å². The summed E-state index contributed by atoms with van der Waals surface area (Å²) in [6, 6.07) is -5.79. The van der Waals surface area contributed by atoms with Crippen LogP contribution >= 0.6 is 22.7 Å². The molecule has 2 aromatic rings. The Kier molecular flexibility index (Phi) is 12.1. The van der Waals surface area contributed by atoms with Gasteiger partial charge in [-0.15, -0.1) is 22.7 Å². The summed E-state index contributed by atoms with van der Waals surface area (Å²) in [5.41, 5.74) is 5.92. The third kappa shape index (κ3) is 9.44. The zero-order chi connectivity index (χ0) is 39.5. The lowest BCUT2D eigenvalue weighted by Gasteiger charge is -2.42. The van der Waals surface area contributed by atoms with E-state index in [9.17, 15) is 52.0 Å². The van der Waals surface area contributed by atoms with E-state index < -0.39 is 92.7 Å². The van der Waals surface area contributed by atoms with E-state index >= 15 is 0 Å². The predicted molar refractivity (Wildman–Crippen MR) is 181 cm³/mol. The number of nitrogens with one attached hydrogen (secondary N) is 3. The van der Waals surface area contributed by atoms with Crippen LogP contribution in [0.2, 0.25) is 0 Å². The van der Waals surface area contributed by atoms with Crippen molar-refractivity contribution in [3.63, 3.8) is 0 Å². The Morgan fingerprint density at radius 3 is 1.81 bits per heavy atom. The zero-order valence-corrected chi connectivity index (χ0v) is 30.5. The molecule has 3 heterocycles. The number of β-lactam (4-membered cyclic amide) rings is 1. The molecular formula is C26H34N10O13S3. The second kappa shape index (κ2) is 15.4. The standard InChI is InChI=1S/C26H34N10O13S3/c1-9(13(20(40)41)32-17(37)15(11-7-50-23(27)30-11)35-49-26(5,6)22(43)44)29-21(42)25(3,4)48-34-16(12-8-51-24(28)31-12)18(38)33-14-10(2)36(19(14)39)52(45,46)47/h7-10,13-14H,1-6H3,(H2,27,30)(H2,28,31)(H,29,42)(H,32,37)(H,33,38)(H,40,41)(H,43,44)(H,45,46,47)/b34-16-,35-15-/t9-,10-,13-,14-/m0/s1. The molecule has 0 unspecified atom stereocenters. The first kappa shape index (κ1) is 41.0. The monoisotopic (exact) mass is 790 g/mol. The van der Waals surface area contributed by atoms with Gasteiger partial charge in [-0.2, -0.15) is 8.42 Å². The lowest BCUT2D eigenvalue weighted by molar-refractivity contribution is -0.161. The zero-order valence-electron chi connectivity index (χ0n) is 28.0. The van der Waals surface area contributed by atoms with Crippen LogP contribution in [0.5, 0.6) is 0 Å². The highest BCUT2D eigenvalue weighted by Crippen LogP contribution is 2.24. The molecule has 0 spiro atoms. The Labute approximate surface area is 302 Å². The lowest BCUT2D eigenvalue weighted by Crippen LogP contribution is -2.71. The van der Waals surface area contributed by atoms with Crippen molar-refractivity contribution in [3.05, 3.63) is 22.1 Å². The van der Waals surface area contributed by atoms with E-state index in [-0.39, 0.29) is 26.0 Å². The predicted octanol–water partition coefficient (Wildman–Crippen LogP) is -1.86. The average molecular weight is 791 g/mol. The number of thiazole rings is 2. The van der Waals surface area contributed by atoms with Crippen LogP contribution in [0.1, 0.15) is 52.9 Å². The van der Waals surface area contributed by atoms with E-state index in [1.54, 1.807) is 0 Å². The van der Waals surface area contributed by atoms with Crippen molar-refractivity contribution >= 4 is 90.2 Å². The maximum atomic E-state index is 13.3. The fraction of sp³-hybridized carbons (Fsp3) is 0.462. The van der Waals surface area contributed by atoms with Gasteiger partial charge in [0.1, 0.15) is 23.5 Å². The Hall–Kier alpha value is -5.47. The Balaban J connectivity index is 1.80. The fourth-order valence-corrected chi connectivity index (χ4v) is 5.97. The van der Waals surface area contributed by atoms with Gasteiger partial charge in [-0.25, -0.2) is 23.9 Å². The molecule has 52 heavy (non-hydrogen) atoms. The van der Waals surface area contributed by atoms with Crippen LogP contribution in [0.3, 0.4) is 0 Å². The van der Waals surface area contributed by atoms with Crippen molar-refractivity contribution in [1.82, 2.24) is 30.2 Å². The summed E-state index contributed by atoms with van der Waals surface area (Å²) in [6.45, 7) is 7.14. The third-order valence-electron chi connectivity index (χ3n) is 7.03. The molecule has 26 heteroatoms. The lowest BCUT2D eigenvalue weighted by atomic mass is 10.0. The van der Waals surface area contributed by atoms with Gasteiger partial charge in [-0.05, 0) is 41.5 Å². The van der Waals surface area contributed by atoms with Crippen LogP contribution < -0.4 is 27.4 Å². The molecule has 1 saturated heterocycles. The first-order chi connectivity index (χ1) is 23.9. The van der Waals surface area contributed by atoms with Gasteiger partial charge in [0.05, 0.1) is 12.1 Å². The van der Waals surface area contributed by atoms with Gasteiger partial charge in [0.25, 0.3) is 23.6 Å². The summed E-state index contributed by atoms with van der Waals surface area (Å²) in [7, 11) is -4.89. The number of nitrogen functional groups attached to an aromatic ring is 2. The van der Waals surface area contributed by atoms with Gasteiger partial charge in [0.15, 0.2) is 21.7 Å². The average Bonchev–Trinajstić information content (AvgIpc) is 3.65. The van der Waals surface area contributed by atoms with Crippen LogP contribution in [0.25, 0.3) is 0 Å². The largest absolute Gasteiger partial charge is 0.480 e. The SMILES string of the molecule is C[C@H](NC(=O)C(C)(C)O/N=C(\C(=O)N[C@@H]1C(=O)N(S(=O)(=O)O)[C@H]1C)c1csc(N)n1)[C@H](NC(=O)/C(=N\OC(C)(C)C(=O)O)c1csc(N)n1)C(=O)O. The second-order valence-electron chi connectivity index (χ2n) is 11.9. The maximum Gasteiger partial charge on any atom is 0.362 e. The minimum absolute atomic E-state index is 0.00191. The van der Waals surface area contributed by atoms with Crippen LogP contribution in [-0.2, 0) is 48.7 Å². The number of rotatable bonds is 16. The van der Waals surface area contributed by atoms with Gasteiger partial charge < -0.3 is 47.3 Å². The van der Waals surface area contributed by atoms with Crippen LogP contribution in [0, 0.1) is 0 Å². The highest BCUT2D eigenvalue weighted by atomic mass is 32.2. The van der Waals surface area contributed by atoms with E-state index in [2.05, 4.69) is 36.2 Å². The summed E-state index contributed by atoms with van der Waals surface area (Å²) in [4.78, 5) is 94.0. The molecule has 10 N–H and O–H groups in total. The molecule has 2 aromatic heterocycles. The molecule has 0 radical (unpaired) electrons.